The van der Waals surface area contributed by atoms with Crippen molar-refractivity contribution < 1.29 is 9.53 Å². The summed E-state index contributed by atoms with van der Waals surface area (Å²) in [6.07, 6.45) is 6.47. The Morgan fingerprint density at radius 1 is 1.60 bits per heavy atom. The lowest BCUT2D eigenvalue weighted by Gasteiger charge is -2.24. The Balaban J connectivity index is 2.23. The maximum atomic E-state index is 12.0. The van der Waals surface area contributed by atoms with Gasteiger partial charge in [-0.1, -0.05) is 19.1 Å². The van der Waals surface area contributed by atoms with Crippen molar-refractivity contribution in [1.82, 2.24) is 10.6 Å². The van der Waals surface area contributed by atoms with Gasteiger partial charge in [-0.3, -0.25) is 9.79 Å². The van der Waals surface area contributed by atoms with Crippen LogP contribution in [0.1, 0.15) is 26.2 Å². The molecule has 1 aliphatic rings. The molecule has 0 aromatic carbocycles. The molecule has 2 N–H and O–H groups in total. The third kappa shape index (κ3) is 6.12. The van der Waals surface area contributed by atoms with Crippen molar-refractivity contribution in [1.29, 1.82) is 0 Å². The average molecular weight is 279 g/mol. The number of hydrogen-bond acceptors (Lipinski definition) is 4. The third-order valence-electron chi connectivity index (χ3n) is 3.17. The predicted molar refractivity (Wildman–Crippen MR) is 81.9 cm³/mol. The summed E-state index contributed by atoms with van der Waals surface area (Å²) >= 11 is 0. The Bertz CT molecular complexity index is 360. The smallest absolute Gasteiger partial charge is 0.237 e. The first kappa shape index (κ1) is 16.6. The number of hydrogen-bond donors (Lipinski definition) is 2. The Labute approximate surface area is 121 Å². The number of carbonyl (C=O) groups excluding carboxylic acids is 1. The maximum absolute atomic E-state index is 12.0. The summed E-state index contributed by atoms with van der Waals surface area (Å²) in [4.78, 5) is 15.7. The van der Waals surface area contributed by atoms with Gasteiger partial charge in [0, 0.05) is 12.2 Å². The van der Waals surface area contributed by atoms with E-state index in [9.17, 15) is 4.79 Å². The molecular formula is C15H25N3O2. The molecule has 5 heteroatoms. The first-order valence-corrected chi connectivity index (χ1v) is 7.06. The number of ether oxygens (including phenoxy) is 1. The molecule has 20 heavy (non-hydrogen) atoms. The van der Waals surface area contributed by atoms with Crippen LogP contribution in [0.3, 0.4) is 0 Å². The van der Waals surface area contributed by atoms with Gasteiger partial charge in [-0.15, -0.1) is 0 Å². The molecule has 1 saturated heterocycles. The van der Waals surface area contributed by atoms with Crippen LogP contribution in [0.4, 0.5) is 0 Å². The molecule has 112 valence electrons. The first-order valence-electron chi connectivity index (χ1n) is 7.06. The SMILES string of the molecule is C=C/C(=C\N=C)COC[C@H](C)NC(=O)[C@@H]1CCCCN1. The zero-order chi connectivity index (χ0) is 14.8. The van der Waals surface area contributed by atoms with Crippen molar-refractivity contribution in [3.8, 4) is 0 Å². The van der Waals surface area contributed by atoms with Gasteiger partial charge in [0.15, 0.2) is 0 Å². The largest absolute Gasteiger partial charge is 0.375 e. The van der Waals surface area contributed by atoms with E-state index in [0.29, 0.717) is 13.2 Å². The van der Waals surface area contributed by atoms with Crippen LogP contribution in [0.5, 0.6) is 0 Å². The fourth-order valence-corrected chi connectivity index (χ4v) is 2.08. The van der Waals surface area contributed by atoms with Gasteiger partial charge in [0.25, 0.3) is 0 Å². The molecule has 1 heterocycles. The van der Waals surface area contributed by atoms with Crippen LogP contribution in [0.25, 0.3) is 0 Å². The van der Waals surface area contributed by atoms with Crippen LogP contribution < -0.4 is 10.6 Å². The quantitative estimate of drug-likeness (QED) is 0.522. The van der Waals surface area contributed by atoms with E-state index in [1.807, 2.05) is 6.92 Å². The van der Waals surface area contributed by atoms with E-state index < -0.39 is 0 Å². The number of amides is 1. The molecule has 0 spiro atoms. The molecule has 1 fully saturated rings. The lowest BCUT2D eigenvalue weighted by Crippen LogP contribution is -2.49. The summed E-state index contributed by atoms with van der Waals surface area (Å²) in [7, 11) is 0. The Morgan fingerprint density at radius 2 is 2.40 bits per heavy atom. The highest BCUT2D eigenvalue weighted by Gasteiger charge is 2.21. The minimum atomic E-state index is -0.0557. The summed E-state index contributed by atoms with van der Waals surface area (Å²) in [6.45, 7) is 10.8. The molecule has 5 nitrogen and oxygen atoms in total. The second-order valence-electron chi connectivity index (χ2n) is 5.02. The summed E-state index contributed by atoms with van der Waals surface area (Å²) in [5, 5.41) is 6.20. The zero-order valence-electron chi connectivity index (χ0n) is 12.2. The molecular weight excluding hydrogens is 254 g/mol. The molecule has 0 unspecified atom stereocenters. The van der Waals surface area contributed by atoms with E-state index in [-0.39, 0.29) is 18.0 Å². The number of nitrogens with one attached hydrogen (secondary N) is 2. The van der Waals surface area contributed by atoms with E-state index in [1.54, 1.807) is 12.3 Å². The Hall–Kier alpha value is -1.46. The number of carbonyl (C=O) groups is 1. The molecule has 0 aliphatic carbocycles. The van der Waals surface area contributed by atoms with Gasteiger partial charge >= 0.3 is 0 Å². The average Bonchev–Trinajstić information content (AvgIpc) is 2.47. The highest BCUT2D eigenvalue weighted by molar-refractivity contribution is 5.82. The van der Waals surface area contributed by atoms with Crippen LogP contribution in [0.2, 0.25) is 0 Å². The van der Waals surface area contributed by atoms with E-state index in [4.69, 9.17) is 4.74 Å². The van der Waals surface area contributed by atoms with Gasteiger partial charge in [-0.2, -0.15) is 0 Å². The van der Waals surface area contributed by atoms with Crippen LogP contribution in [-0.2, 0) is 9.53 Å². The van der Waals surface area contributed by atoms with E-state index in [1.165, 1.54) is 0 Å². The Morgan fingerprint density at radius 3 is 3.00 bits per heavy atom. The molecule has 2 atom stereocenters. The van der Waals surface area contributed by atoms with Crippen molar-refractivity contribution in [3.05, 3.63) is 24.4 Å². The number of nitrogens with zero attached hydrogens (tertiary/aromatic N) is 1. The maximum Gasteiger partial charge on any atom is 0.237 e. The second-order valence-corrected chi connectivity index (χ2v) is 5.02. The summed E-state index contributed by atoms with van der Waals surface area (Å²) in [5.41, 5.74) is 0.868. The van der Waals surface area contributed by atoms with Gasteiger partial charge in [0.2, 0.25) is 5.91 Å². The topological polar surface area (TPSA) is 62.7 Å². The van der Waals surface area contributed by atoms with Gasteiger partial charge in [-0.05, 0) is 38.6 Å². The van der Waals surface area contributed by atoms with Gasteiger partial charge in [0.05, 0.1) is 19.3 Å². The fourth-order valence-electron chi connectivity index (χ4n) is 2.08. The summed E-state index contributed by atoms with van der Waals surface area (Å²) < 4.78 is 5.53. The van der Waals surface area contributed by atoms with Crippen molar-refractivity contribution in [2.45, 2.75) is 38.3 Å². The molecule has 0 radical (unpaired) electrons. The van der Waals surface area contributed by atoms with Gasteiger partial charge in [-0.25, -0.2) is 0 Å². The van der Waals surface area contributed by atoms with Crippen molar-refractivity contribution in [2.24, 2.45) is 4.99 Å². The Kier molecular flexibility index (Phi) is 7.84. The van der Waals surface area contributed by atoms with Crippen LogP contribution in [0, 0.1) is 0 Å². The second kappa shape index (κ2) is 9.44. The van der Waals surface area contributed by atoms with E-state index >= 15 is 0 Å². The summed E-state index contributed by atoms with van der Waals surface area (Å²) in [5.74, 6) is 0.0630. The third-order valence-corrected chi connectivity index (χ3v) is 3.17. The normalized spacial score (nSPS) is 21.1. The molecule has 1 aliphatic heterocycles. The zero-order valence-corrected chi connectivity index (χ0v) is 12.2. The fraction of sp³-hybridized carbons (Fsp3) is 0.600. The van der Waals surface area contributed by atoms with Crippen molar-refractivity contribution in [3.63, 3.8) is 0 Å². The molecule has 0 bridgehead atoms. The predicted octanol–water partition coefficient (Wildman–Crippen LogP) is 1.42. The van der Waals surface area contributed by atoms with Gasteiger partial charge in [0.1, 0.15) is 0 Å². The first-order chi connectivity index (χ1) is 9.67. The highest BCUT2D eigenvalue weighted by atomic mass is 16.5. The molecule has 1 amide bonds. The monoisotopic (exact) mass is 279 g/mol. The standard InChI is InChI=1S/C15H25N3O2/c1-4-13(9-16-3)11-20-10-12(2)18-15(19)14-7-5-6-8-17-14/h4,9,12,14,17H,1,3,5-8,10-11H2,2H3,(H,18,19)/b13-9+/t12-,14-/m0/s1. The van der Waals surface area contributed by atoms with Crippen molar-refractivity contribution in [2.75, 3.05) is 19.8 Å². The molecule has 1 rings (SSSR count). The highest BCUT2D eigenvalue weighted by Crippen LogP contribution is 2.07. The van der Waals surface area contributed by atoms with Gasteiger partial charge < -0.3 is 15.4 Å². The van der Waals surface area contributed by atoms with Crippen LogP contribution >= 0.6 is 0 Å². The lowest BCUT2D eigenvalue weighted by molar-refractivity contribution is -0.124. The van der Waals surface area contributed by atoms with Crippen LogP contribution in [-0.4, -0.2) is 44.5 Å². The summed E-state index contributed by atoms with van der Waals surface area (Å²) in [6, 6.07) is -0.0752. The molecule has 0 aromatic heterocycles. The molecule has 0 aromatic rings. The van der Waals surface area contributed by atoms with E-state index in [0.717, 1.165) is 31.4 Å². The minimum absolute atomic E-state index is 0.0195. The van der Waals surface area contributed by atoms with Crippen LogP contribution in [0.15, 0.2) is 29.4 Å². The minimum Gasteiger partial charge on any atom is -0.375 e. The lowest BCUT2D eigenvalue weighted by atomic mass is 10.0. The molecule has 0 saturated carbocycles. The van der Waals surface area contributed by atoms with Crippen molar-refractivity contribution >= 4 is 12.6 Å². The number of piperidine rings is 1. The van der Waals surface area contributed by atoms with E-state index in [2.05, 4.69) is 28.9 Å². The number of rotatable bonds is 8. The number of aliphatic imine (C=N–C) groups is 1.